The molecule has 1 aromatic carbocycles. The third-order valence-electron chi connectivity index (χ3n) is 5.16. The minimum absolute atomic E-state index is 0.0913. The molecule has 1 amide bonds. The molecule has 3 aromatic heterocycles. The highest BCUT2D eigenvalue weighted by atomic mass is 35.5. The smallest absolute Gasteiger partial charge is 0.253 e. The van der Waals surface area contributed by atoms with Crippen molar-refractivity contribution < 1.29 is 9.32 Å². The first kappa shape index (κ1) is 19.6. The third kappa shape index (κ3) is 3.53. The van der Waals surface area contributed by atoms with Crippen LogP contribution in [0.25, 0.3) is 16.7 Å². The SMILES string of the molecule is Nc1noc2c(N3CCC(NC(=O)c4ccc(-n5cncn5)cc4Cl)C3)ncc(Cl)c12. The molecule has 4 heterocycles. The zero-order chi connectivity index (χ0) is 21.5. The van der Waals surface area contributed by atoms with Crippen molar-refractivity contribution in [2.24, 2.45) is 0 Å². The summed E-state index contributed by atoms with van der Waals surface area (Å²) in [5.74, 6) is 0.562. The molecule has 0 spiro atoms. The van der Waals surface area contributed by atoms with Gasteiger partial charge in [-0.3, -0.25) is 4.79 Å². The van der Waals surface area contributed by atoms with Crippen molar-refractivity contribution >= 4 is 51.7 Å². The number of carbonyl (C=O) groups excluding carboxylic acids is 1. The summed E-state index contributed by atoms with van der Waals surface area (Å²) in [4.78, 5) is 23.1. The number of hydrogen-bond acceptors (Lipinski definition) is 8. The van der Waals surface area contributed by atoms with E-state index < -0.39 is 0 Å². The number of nitrogen functional groups attached to an aromatic ring is 1. The summed E-state index contributed by atoms with van der Waals surface area (Å²) in [5, 5.41) is 12.1. The minimum atomic E-state index is -0.250. The van der Waals surface area contributed by atoms with Crippen LogP contribution in [0.2, 0.25) is 10.0 Å². The molecule has 1 fully saturated rings. The number of benzene rings is 1. The van der Waals surface area contributed by atoms with Crippen molar-refractivity contribution in [2.75, 3.05) is 23.7 Å². The maximum atomic E-state index is 12.8. The molecule has 3 N–H and O–H groups in total. The predicted molar refractivity (Wildman–Crippen MR) is 116 cm³/mol. The van der Waals surface area contributed by atoms with Crippen LogP contribution in [0, 0.1) is 0 Å². The number of rotatable bonds is 4. The number of hydrogen-bond donors (Lipinski definition) is 2. The van der Waals surface area contributed by atoms with E-state index in [1.54, 1.807) is 29.2 Å². The molecule has 0 aliphatic carbocycles. The molecule has 4 aromatic rings. The van der Waals surface area contributed by atoms with Gasteiger partial charge in [0.2, 0.25) is 5.58 Å². The number of halogens is 2. The number of nitrogens with two attached hydrogens (primary N) is 1. The number of pyridine rings is 1. The van der Waals surface area contributed by atoms with Crippen LogP contribution in [0.3, 0.4) is 0 Å². The standard InChI is InChI=1S/C19H16Cl2N8O2/c20-13-5-11(29-9-23-8-25-29)1-2-12(13)19(30)26-10-3-4-28(7-10)18-16-15(14(21)6-24-18)17(22)27-31-16/h1-2,5-6,8-10H,3-4,7H2,(H2,22,27)(H,26,30). The summed E-state index contributed by atoms with van der Waals surface area (Å²) < 4.78 is 6.90. The Bertz CT molecular complexity index is 1270. The summed E-state index contributed by atoms with van der Waals surface area (Å²) in [6.45, 7) is 1.22. The Labute approximate surface area is 185 Å². The van der Waals surface area contributed by atoms with E-state index in [0.717, 1.165) is 12.1 Å². The van der Waals surface area contributed by atoms with Gasteiger partial charge in [0.05, 0.1) is 26.7 Å². The van der Waals surface area contributed by atoms with Crippen molar-refractivity contribution in [3.8, 4) is 5.69 Å². The second-order valence-electron chi connectivity index (χ2n) is 7.11. The number of anilines is 2. The zero-order valence-electron chi connectivity index (χ0n) is 16.0. The van der Waals surface area contributed by atoms with Gasteiger partial charge in [0.25, 0.3) is 5.91 Å². The van der Waals surface area contributed by atoms with Gasteiger partial charge in [0.1, 0.15) is 12.7 Å². The fourth-order valence-corrected chi connectivity index (χ4v) is 4.15. The van der Waals surface area contributed by atoms with Crippen LogP contribution in [0.5, 0.6) is 0 Å². The summed E-state index contributed by atoms with van der Waals surface area (Å²) >= 11 is 12.5. The van der Waals surface area contributed by atoms with Crippen molar-refractivity contribution in [2.45, 2.75) is 12.5 Å². The molecule has 0 saturated carbocycles. The number of nitrogens with zero attached hydrogens (tertiary/aromatic N) is 6. The first-order valence-electron chi connectivity index (χ1n) is 9.41. The van der Waals surface area contributed by atoms with Gasteiger partial charge < -0.3 is 20.5 Å². The topological polar surface area (TPSA) is 128 Å². The summed E-state index contributed by atoms with van der Waals surface area (Å²) in [5.41, 5.74) is 7.38. The normalized spacial score (nSPS) is 16.2. The Morgan fingerprint density at radius 1 is 1.29 bits per heavy atom. The lowest BCUT2D eigenvalue weighted by Gasteiger charge is -2.18. The second-order valence-corrected chi connectivity index (χ2v) is 7.93. The quantitative estimate of drug-likeness (QED) is 0.477. The van der Waals surface area contributed by atoms with Gasteiger partial charge in [0, 0.05) is 25.3 Å². The summed E-state index contributed by atoms with van der Waals surface area (Å²) in [6, 6.07) is 5.02. The Balaban J connectivity index is 1.30. The van der Waals surface area contributed by atoms with E-state index in [2.05, 4.69) is 25.5 Å². The molecule has 0 bridgehead atoms. The molecule has 10 nitrogen and oxygen atoms in total. The molecule has 31 heavy (non-hydrogen) atoms. The van der Waals surface area contributed by atoms with Gasteiger partial charge in [-0.25, -0.2) is 14.6 Å². The van der Waals surface area contributed by atoms with E-state index in [0.29, 0.717) is 45.5 Å². The van der Waals surface area contributed by atoms with Crippen LogP contribution in [0.15, 0.2) is 41.6 Å². The Kier molecular flexibility index (Phi) is 4.87. The Morgan fingerprint density at radius 2 is 2.16 bits per heavy atom. The molecule has 1 saturated heterocycles. The number of aromatic nitrogens is 5. The Morgan fingerprint density at radius 3 is 2.94 bits per heavy atom. The predicted octanol–water partition coefficient (Wildman–Crippen LogP) is 2.70. The largest absolute Gasteiger partial charge is 0.380 e. The monoisotopic (exact) mass is 458 g/mol. The highest BCUT2D eigenvalue weighted by molar-refractivity contribution is 6.36. The van der Waals surface area contributed by atoms with Gasteiger partial charge >= 0.3 is 0 Å². The van der Waals surface area contributed by atoms with Gasteiger partial charge in [-0.2, -0.15) is 5.10 Å². The number of nitrogens with one attached hydrogen (secondary N) is 1. The van der Waals surface area contributed by atoms with E-state index in [9.17, 15) is 4.79 Å². The molecule has 1 unspecified atom stereocenters. The summed E-state index contributed by atoms with van der Waals surface area (Å²) in [7, 11) is 0. The van der Waals surface area contributed by atoms with Gasteiger partial charge in [-0.1, -0.05) is 28.4 Å². The first-order valence-corrected chi connectivity index (χ1v) is 10.2. The zero-order valence-corrected chi connectivity index (χ0v) is 17.5. The van der Waals surface area contributed by atoms with Crippen LogP contribution in [0.1, 0.15) is 16.8 Å². The van der Waals surface area contributed by atoms with Crippen molar-refractivity contribution in [1.82, 2.24) is 30.2 Å². The van der Waals surface area contributed by atoms with E-state index in [1.807, 2.05) is 4.90 Å². The first-order chi connectivity index (χ1) is 15.0. The maximum Gasteiger partial charge on any atom is 0.253 e. The fraction of sp³-hybridized carbons (Fsp3) is 0.211. The molecular formula is C19H16Cl2N8O2. The lowest BCUT2D eigenvalue weighted by atomic mass is 10.1. The van der Waals surface area contributed by atoms with Crippen LogP contribution in [0.4, 0.5) is 11.6 Å². The molecular weight excluding hydrogens is 443 g/mol. The highest BCUT2D eigenvalue weighted by Gasteiger charge is 2.29. The molecule has 5 rings (SSSR count). The Hall–Kier alpha value is -3.37. The van der Waals surface area contributed by atoms with Crippen LogP contribution in [-0.4, -0.2) is 49.9 Å². The lowest BCUT2D eigenvalue weighted by molar-refractivity contribution is 0.0940. The number of fused-ring (bicyclic) bond motifs is 1. The van der Waals surface area contributed by atoms with Gasteiger partial charge in [0.15, 0.2) is 11.6 Å². The average Bonchev–Trinajstić information content (AvgIpc) is 3.50. The molecule has 12 heteroatoms. The number of carbonyl (C=O) groups is 1. The van der Waals surface area contributed by atoms with E-state index in [1.165, 1.54) is 12.5 Å². The van der Waals surface area contributed by atoms with Crippen LogP contribution < -0.4 is 16.0 Å². The third-order valence-corrected chi connectivity index (χ3v) is 5.76. The van der Waals surface area contributed by atoms with Crippen molar-refractivity contribution in [3.63, 3.8) is 0 Å². The minimum Gasteiger partial charge on any atom is -0.380 e. The highest BCUT2D eigenvalue weighted by Crippen LogP contribution is 2.35. The fourth-order valence-electron chi connectivity index (χ4n) is 3.66. The van der Waals surface area contributed by atoms with E-state index in [-0.39, 0.29) is 17.8 Å². The second kappa shape index (κ2) is 7.71. The van der Waals surface area contributed by atoms with Gasteiger partial charge in [-0.05, 0) is 24.6 Å². The molecule has 158 valence electrons. The van der Waals surface area contributed by atoms with Gasteiger partial charge in [-0.15, -0.1) is 0 Å². The van der Waals surface area contributed by atoms with E-state index in [4.69, 9.17) is 33.5 Å². The van der Waals surface area contributed by atoms with Crippen molar-refractivity contribution in [1.29, 1.82) is 0 Å². The van der Waals surface area contributed by atoms with E-state index >= 15 is 0 Å². The average molecular weight is 459 g/mol. The lowest BCUT2D eigenvalue weighted by Crippen LogP contribution is -2.37. The van der Waals surface area contributed by atoms with Crippen molar-refractivity contribution in [3.05, 3.63) is 52.7 Å². The summed E-state index contributed by atoms with van der Waals surface area (Å²) in [6.07, 6.45) is 5.24. The van der Waals surface area contributed by atoms with Crippen LogP contribution in [-0.2, 0) is 0 Å². The maximum absolute atomic E-state index is 12.8. The molecule has 1 atom stereocenters. The number of amides is 1. The molecule has 1 aliphatic rings. The molecule has 1 aliphatic heterocycles. The van der Waals surface area contributed by atoms with Crippen LogP contribution >= 0.6 is 23.2 Å². The molecule has 0 radical (unpaired) electrons.